The normalized spacial score (nSPS) is 11.3. The van der Waals surface area contributed by atoms with E-state index in [2.05, 4.69) is 82.5 Å². The van der Waals surface area contributed by atoms with Crippen LogP contribution in [0.1, 0.15) is 146 Å². The van der Waals surface area contributed by atoms with Crippen LogP contribution >= 0.6 is 22.6 Å². The number of halogens is 16. The van der Waals surface area contributed by atoms with Crippen molar-refractivity contribution in [3.63, 3.8) is 0 Å². The van der Waals surface area contributed by atoms with Crippen LogP contribution in [0.5, 0.6) is 28.7 Å². The molecule has 0 bridgehead atoms. The zero-order chi connectivity index (χ0) is 103. The van der Waals surface area contributed by atoms with Gasteiger partial charge in [-0.15, -0.1) is 30.3 Å². The molecule has 0 saturated carbocycles. The van der Waals surface area contributed by atoms with Crippen LogP contribution in [-0.2, 0) is 276 Å². The Labute approximate surface area is 958 Å². The van der Waals surface area contributed by atoms with Crippen LogP contribution in [0, 0.1) is 75.4 Å². The van der Waals surface area contributed by atoms with Crippen LogP contribution in [-0.4, -0.2) is 99.0 Å². The Morgan fingerprint density at radius 3 is 0.821 bits per heavy atom. The monoisotopic (exact) mass is 2510 g/mol. The maximum atomic E-state index is 13.3. The van der Waals surface area contributed by atoms with E-state index in [-0.39, 0.29) is 231 Å². The van der Waals surface area contributed by atoms with Gasteiger partial charge >= 0.3 is 59.3 Å². The number of alkyl halides is 15. The predicted molar refractivity (Wildman–Crippen MR) is 485 cm³/mol. The van der Waals surface area contributed by atoms with E-state index in [1.165, 1.54) is 65.6 Å². The van der Waals surface area contributed by atoms with Crippen molar-refractivity contribution in [2.45, 2.75) is 158 Å². The minimum atomic E-state index is -4.57. The van der Waals surface area contributed by atoms with Gasteiger partial charge in [-0.3, -0.25) is 0 Å². The standard InChI is InChI=1S/2C20H20F3N4O2.C19H18F3N4O2.C18H16F3N4O2.C17H13F3IN4O2.5Y/c1-12(2)14-6-5-7-17(27-19(28)26(4)24-25-27)15(14)11-29-18-10-13(3)8-9-16(18)20(21,22)23;1-4-6-14-7-5-8-17(27-19(28)26(3)24-25-27)15(14)12-29-18-11-13(2)9-10-16(18)20(21,22)23;1-4-13-6-5-7-16(26-18(27)25(3)23-24-26)14(13)11-28-17-10-12(2)8-9-15(17)19(20,21)22;1-11-7-8-14(18(19,20)21)16(9-11)27-10-13-12(2)5-4-6-15(13)25-17(26)24(3)22-23-25;1-10-6-7-12(17(18,19)20)15(8-10)27-9-11-13(21)4-3-5-14(11)25-16(26)24(2)22-23-25;;;;;/h5-7,9-10,12H,11H2,1-4H3;5,7-8,10-11H,4,6,12H2,1-3H3;5-7,9-10H,4,11H2,1-3H3;4-6,8-9H,10H2,1-3H3;3-5,7-8H,9H2,1-2H3;;;;;/q5*-1;;;;;. The van der Waals surface area contributed by atoms with Crippen molar-refractivity contribution in [2.24, 2.45) is 35.2 Å². The van der Waals surface area contributed by atoms with Gasteiger partial charge in [-0.2, -0.15) is 201 Å². The third kappa shape index (κ3) is 31.5. The molecule has 5 heterocycles. The summed E-state index contributed by atoms with van der Waals surface area (Å²) < 4.78 is 239. The Morgan fingerprint density at radius 1 is 0.317 bits per heavy atom. The minimum Gasteiger partial charge on any atom is -0.514 e. The van der Waals surface area contributed by atoms with Crippen molar-refractivity contribution in [3.05, 3.63) is 344 Å². The summed E-state index contributed by atoms with van der Waals surface area (Å²) in [5.41, 5.74) is 3.97. The Balaban J connectivity index is 0.000000275. The SMILES string of the molecule is CCCc1cccc(-n2nnn(C)c2=O)c1COc1cc(C)[c-]cc1C(F)(F)F.CCc1cccc(-n2nnn(C)c2=O)c1COc1cc(C)[c-]cc1C(F)(F)F.Cc1[c-]cc(C(F)(F)F)c(OCc2c(C(C)C)cccc2-n2nnn(C)c2=O)c1.Cc1[c-]cc(C(F)(F)F)c(OCc2c(C)cccc2-n2nnn(C)c2=O)c1.Cc1[c-]cc(C(F)(F)F)c(OCc2c(I)cccc2-n2nnn(C)c2=O)c1.[Y].[Y].[Y].[Y].[Y]. The van der Waals surface area contributed by atoms with Crippen LogP contribution < -0.4 is 52.1 Å². The number of benzene rings is 10. The molecule has 0 atom stereocenters. The Bertz CT molecular complexity index is 7130. The number of tetrazole rings is 5. The van der Waals surface area contributed by atoms with Crippen molar-refractivity contribution >= 4 is 22.6 Å². The zero-order valence-electron chi connectivity index (χ0n) is 80.1. The van der Waals surface area contributed by atoms with Crippen LogP contribution in [0.4, 0.5) is 65.9 Å². The molecule has 15 rings (SSSR count). The van der Waals surface area contributed by atoms with Gasteiger partial charge in [0.2, 0.25) is 0 Å². The molecule has 0 spiro atoms. The fraction of sp³-hybridized carbons (Fsp3) is 0.309. The Morgan fingerprint density at radius 2 is 0.552 bits per heavy atom. The van der Waals surface area contributed by atoms with Crippen molar-refractivity contribution in [1.82, 2.24) is 99.0 Å². The fourth-order valence-electron chi connectivity index (χ4n) is 13.9. The van der Waals surface area contributed by atoms with E-state index in [1.807, 2.05) is 68.5 Å². The summed E-state index contributed by atoms with van der Waals surface area (Å²) in [5.74, 6) is -1.39. The second-order valence-corrected chi connectivity index (χ2v) is 32.8. The molecule has 10 aromatic carbocycles. The van der Waals surface area contributed by atoms with Crippen molar-refractivity contribution in [1.29, 1.82) is 0 Å². The summed E-state index contributed by atoms with van der Waals surface area (Å²) in [7, 11) is 7.31. The quantitative estimate of drug-likeness (QED) is 0.0308. The van der Waals surface area contributed by atoms with Crippen LogP contribution in [0.3, 0.4) is 0 Å². The van der Waals surface area contributed by atoms with Crippen LogP contribution in [0.15, 0.2) is 176 Å². The van der Waals surface area contributed by atoms with Gasteiger partial charge in [0.05, 0.1) is 28.4 Å². The first-order valence-electron chi connectivity index (χ1n) is 42.2. The maximum Gasteiger partial charge on any atom is 0.373 e. The van der Waals surface area contributed by atoms with E-state index in [1.54, 1.807) is 114 Å². The summed E-state index contributed by atoms with van der Waals surface area (Å²) in [6.45, 7) is 16.9. The van der Waals surface area contributed by atoms with Gasteiger partial charge in [0.25, 0.3) is 0 Å². The van der Waals surface area contributed by atoms with E-state index >= 15 is 0 Å². The Hall–Kier alpha value is -9.25. The molecule has 15 aromatic rings. The van der Waals surface area contributed by atoms with E-state index in [0.717, 1.165) is 109 Å². The van der Waals surface area contributed by atoms with E-state index in [9.17, 15) is 89.8 Å². The average Bonchev–Trinajstić information content (AvgIpc) is 1.70. The molecule has 0 aliphatic rings. The molecule has 5 aromatic heterocycles. The number of hydrogen-bond donors (Lipinski definition) is 0. The number of rotatable bonds is 24. The average molecular weight is 2510 g/mol. The van der Waals surface area contributed by atoms with Crippen LogP contribution in [0.25, 0.3) is 28.4 Å². The van der Waals surface area contributed by atoms with Crippen LogP contribution in [0.2, 0.25) is 0 Å². The second kappa shape index (κ2) is 53.8. The second-order valence-electron chi connectivity index (χ2n) is 31.6. The van der Waals surface area contributed by atoms with Crippen molar-refractivity contribution < 1.29 is 253 Å². The first-order chi connectivity index (χ1) is 65.9. The summed E-state index contributed by atoms with van der Waals surface area (Å²) in [6, 6.07) is 49.7. The van der Waals surface area contributed by atoms with Gasteiger partial charge in [-0.1, -0.05) is 123 Å². The number of aromatic nitrogens is 20. The largest absolute Gasteiger partial charge is 0.514 e. The number of aryl methyl sites for hydroxylation is 13. The number of hydrogen-bond acceptors (Lipinski definition) is 20. The topological polar surface area (TPSA) is 310 Å². The van der Waals surface area contributed by atoms with Gasteiger partial charge in [0.1, 0.15) is 33.0 Å². The molecule has 30 nitrogen and oxygen atoms in total. The minimum absolute atomic E-state index is 0. The number of ether oxygens (including phenoxy) is 5. The molecule has 755 valence electrons. The van der Waals surface area contributed by atoms with Gasteiger partial charge < -0.3 is 23.7 Å². The summed E-state index contributed by atoms with van der Waals surface area (Å²) in [4.78, 5) is 61.1. The molecular weight excluding hydrogens is 2430 g/mol. The third-order valence-electron chi connectivity index (χ3n) is 21.1. The summed E-state index contributed by atoms with van der Waals surface area (Å²) >= 11 is 2.03. The third-order valence-corrected chi connectivity index (χ3v) is 22.1. The molecule has 0 unspecified atom stereocenters. The first kappa shape index (κ1) is 124. The molecule has 5 radical (unpaired) electrons. The van der Waals surface area contributed by atoms with Crippen molar-refractivity contribution in [3.8, 4) is 57.2 Å². The first-order valence-corrected chi connectivity index (χ1v) is 43.3. The molecule has 0 aliphatic carbocycles. The van der Waals surface area contributed by atoms with Crippen molar-refractivity contribution in [2.75, 3.05) is 0 Å². The summed E-state index contributed by atoms with van der Waals surface area (Å²) in [5, 5.41) is 37.5. The van der Waals surface area contributed by atoms with Gasteiger partial charge in [-0.25, -0.2) is 24.0 Å². The molecule has 0 fully saturated rings. The van der Waals surface area contributed by atoms with Gasteiger partial charge in [-0.05, 0) is 187 Å². The summed E-state index contributed by atoms with van der Waals surface area (Å²) in [6.07, 6.45) is -20.7. The zero-order valence-corrected chi connectivity index (χ0v) is 96.5. The molecule has 0 saturated heterocycles. The van der Waals surface area contributed by atoms with E-state index in [4.69, 9.17) is 23.7 Å². The fourth-order valence-corrected chi connectivity index (χ4v) is 14.5. The molecule has 0 amide bonds. The molecule has 145 heavy (non-hydrogen) atoms. The molecular formula is C94H87F15IN20O10Y5-5. The molecule has 0 N–H and O–H groups in total. The molecule has 51 heteroatoms. The number of nitrogens with zero attached hydrogens (tertiary/aromatic N) is 20. The predicted octanol–water partition coefficient (Wildman–Crippen LogP) is 16.9. The molecule has 0 aliphatic heterocycles. The van der Waals surface area contributed by atoms with Gasteiger partial charge in [0, 0.05) is 259 Å². The smallest absolute Gasteiger partial charge is 0.373 e. The van der Waals surface area contributed by atoms with E-state index in [0.29, 0.717) is 96.9 Å². The van der Waals surface area contributed by atoms with Gasteiger partial charge in [0.15, 0.2) is 0 Å². The maximum absolute atomic E-state index is 13.3. The Kier molecular flexibility index (Phi) is 46.1. The van der Waals surface area contributed by atoms with E-state index < -0.39 is 87.1 Å².